The minimum Gasteiger partial charge on any atom is -0.399 e. The van der Waals surface area contributed by atoms with Crippen molar-refractivity contribution < 1.29 is 9.90 Å². The molecule has 0 aromatic heterocycles. The standard InChI is InChI=1S/C13H18ClN3O2/c1-13(19)4-5-17(8-13)7-12(18)16-11-3-2-9(15)6-10(11)14/h2-3,6,19H,4-5,7-8,15H2,1H3,(H,16,18). The number of rotatable bonds is 3. The number of benzene rings is 1. The van der Waals surface area contributed by atoms with Crippen molar-refractivity contribution >= 4 is 28.9 Å². The summed E-state index contributed by atoms with van der Waals surface area (Å²) in [5, 5.41) is 13.0. The molecule has 1 aromatic carbocycles. The number of carbonyl (C=O) groups is 1. The van der Waals surface area contributed by atoms with Crippen LogP contribution in [0.25, 0.3) is 0 Å². The molecule has 1 amide bonds. The van der Waals surface area contributed by atoms with E-state index >= 15 is 0 Å². The van der Waals surface area contributed by atoms with Gasteiger partial charge in [-0.2, -0.15) is 0 Å². The molecule has 0 bridgehead atoms. The van der Waals surface area contributed by atoms with Crippen LogP contribution in [0.3, 0.4) is 0 Å². The summed E-state index contributed by atoms with van der Waals surface area (Å²) < 4.78 is 0. The Hall–Kier alpha value is -1.30. The highest BCUT2D eigenvalue weighted by Crippen LogP contribution is 2.24. The fraction of sp³-hybridized carbons (Fsp3) is 0.462. The normalized spacial score (nSPS) is 23.5. The number of nitrogens with two attached hydrogens (primary N) is 1. The maximum Gasteiger partial charge on any atom is 0.238 e. The van der Waals surface area contributed by atoms with Crippen LogP contribution in [-0.4, -0.2) is 41.1 Å². The van der Waals surface area contributed by atoms with E-state index in [0.29, 0.717) is 29.4 Å². The number of anilines is 2. The summed E-state index contributed by atoms with van der Waals surface area (Å²) >= 11 is 5.99. The Morgan fingerprint density at radius 2 is 2.37 bits per heavy atom. The zero-order valence-electron chi connectivity index (χ0n) is 10.8. The van der Waals surface area contributed by atoms with E-state index in [2.05, 4.69) is 5.32 Å². The van der Waals surface area contributed by atoms with Gasteiger partial charge in [-0.3, -0.25) is 9.69 Å². The molecule has 1 fully saturated rings. The van der Waals surface area contributed by atoms with E-state index in [1.54, 1.807) is 25.1 Å². The summed E-state index contributed by atoms with van der Waals surface area (Å²) in [6, 6.07) is 4.95. The van der Waals surface area contributed by atoms with Crippen molar-refractivity contribution in [3.63, 3.8) is 0 Å². The Balaban J connectivity index is 1.91. The lowest BCUT2D eigenvalue weighted by Crippen LogP contribution is -2.35. The van der Waals surface area contributed by atoms with E-state index < -0.39 is 5.60 Å². The second-order valence-corrected chi connectivity index (χ2v) is 5.65. The maximum absolute atomic E-state index is 11.9. The molecule has 1 heterocycles. The molecular formula is C13H18ClN3O2. The van der Waals surface area contributed by atoms with Gasteiger partial charge in [0.1, 0.15) is 0 Å². The van der Waals surface area contributed by atoms with Crippen LogP contribution in [-0.2, 0) is 4.79 Å². The van der Waals surface area contributed by atoms with Gasteiger partial charge in [0.25, 0.3) is 0 Å². The molecule has 6 heteroatoms. The van der Waals surface area contributed by atoms with Crippen LogP contribution in [0, 0.1) is 0 Å². The van der Waals surface area contributed by atoms with Gasteiger partial charge in [0, 0.05) is 18.8 Å². The van der Waals surface area contributed by atoms with Crippen LogP contribution >= 0.6 is 11.6 Å². The average molecular weight is 284 g/mol. The summed E-state index contributed by atoms with van der Waals surface area (Å²) in [5.74, 6) is -0.149. The van der Waals surface area contributed by atoms with Crippen molar-refractivity contribution in [3.8, 4) is 0 Å². The lowest BCUT2D eigenvalue weighted by atomic mass is 10.1. The van der Waals surface area contributed by atoms with Gasteiger partial charge in [0.15, 0.2) is 0 Å². The van der Waals surface area contributed by atoms with E-state index in [1.165, 1.54) is 0 Å². The Labute approximate surface area is 117 Å². The van der Waals surface area contributed by atoms with Gasteiger partial charge in [-0.05, 0) is 31.5 Å². The van der Waals surface area contributed by atoms with Gasteiger partial charge in [-0.1, -0.05) is 11.6 Å². The molecule has 1 atom stereocenters. The van der Waals surface area contributed by atoms with E-state index in [9.17, 15) is 9.90 Å². The fourth-order valence-corrected chi connectivity index (χ4v) is 2.44. The monoisotopic (exact) mass is 283 g/mol. The first-order valence-corrected chi connectivity index (χ1v) is 6.53. The molecule has 0 aliphatic carbocycles. The zero-order chi connectivity index (χ0) is 14.0. The van der Waals surface area contributed by atoms with Gasteiger partial charge in [-0.25, -0.2) is 0 Å². The van der Waals surface area contributed by atoms with Gasteiger partial charge >= 0.3 is 0 Å². The summed E-state index contributed by atoms with van der Waals surface area (Å²) in [6.07, 6.45) is 0.683. The van der Waals surface area contributed by atoms with Crippen molar-refractivity contribution in [1.82, 2.24) is 4.90 Å². The summed E-state index contributed by atoms with van der Waals surface area (Å²) in [6.45, 7) is 3.25. The largest absolute Gasteiger partial charge is 0.399 e. The zero-order valence-corrected chi connectivity index (χ0v) is 11.6. The maximum atomic E-state index is 11.9. The number of hydrogen-bond donors (Lipinski definition) is 3. The van der Waals surface area contributed by atoms with Gasteiger partial charge in [0.05, 0.1) is 22.9 Å². The minimum absolute atomic E-state index is 0.149. The van der Waals surface area contributed by atoms with Crippen LogP contribution in [0.5, 0.6) is 0 Å². The number of nitrogens with zero attached hydrogens (tertiary/aromatic N) is 1. The third-order valence-corrected chi connectivity index (χ3v) is 3.48. The van der Waals surface area contributed by atoms with Gasteiger partial charge in [-0.15, -0.1) is 0 Å². The number of hydrogen-bond acceptors (Lipinski definition) is 4. The van der Waals surface area contributed by atoms with Crippen LogP contribution in [0.2, 0.25) is 5.02 Å². The molecule has 0 radical (unpaired) electrons. The number of aliphatic hydroxyl groups is 1. The second-order valence-electron chi connectivity index (χ2n) is 5.25. The number of nitrogens with one attached hydrogen (secondary N) is 1. The van der Waals surface area contributed by atoms with E-state index in [4.69, 9.17) is 17.3 Å². The molecule has 1 saturated heterocycles. The third-order valence-electron chi connectivity index (χ3n) is 3.17. The molecule has 19 heavy (non-hydrogen) atoms. The van der Waals surface area contributed by atoms with Crippen molar-refractivity contribution in [2.75, 3.05) is 30.7 Å². The third kappa shape index (κ3) is 3.83. The lowest BCUT2D eigenvalue weighted by Gasteiger charge is -2.18. The van der Waals surface area contributed by atoms with E-state index in [0.717, 1.165) is 6.54 Å². The Bertz CT molecular complexity index is 491. The number of carbonyl (C=O) groups excluding carboxylic acids is 1. The van der Waals surface area contributed by atoms with Crippen LogP contribution in [0.1, 0.15) is 13.3 Å². The molecule has 104 valence electrons. The SMILES string of the molecule is CC1(O)CCN(CC(=O)Nc2ccc(N)cc2Cl)C1. The quantitative estimate of drug-likeness (QED) is 0.731. The minimum atomic E-state index is -0.695. The Morgan fingerprint density at radius 3 is 2.95 bits per heavy atom. The van der Waals surface area contributed by atoms with Crippen molar-refractivity contribution in [2.45, 2.75) is 18.9 Å². The number of halogens is 1. The fourth-order valence-electron chi connectivity index (χ4n) is 2.20. The summed E-state index contributed by atoms with van der Waals surface area (Å²) in [5.41, 5.74) is 5.99. The van der Waals surface area contributed by atoms with Crippen molar-refractivity contribution in [2.24, 2.45) is 0 Å². The Kier molecular flexibility index (Phi) is 3.99. The van der Waals surface area contributed by atoms with Gasteiger partial charge in [0.2, 0.25) is 5.91 Å². The predicted octanol–water partition coefficient (Wildman–Crippen LogP) is 1.32. The molecule has 2 rings (SSSR count). The molecule has 1 aromatic rings. The van der Waals surface area contributed by atoms with E-state index in [1.807, 2.05) is 4.90 Å². The lowest BCUT2D eigenvalue weighted by molar-refractivity contribution is -0.117. The number of likely N-dealkylation sites (tertiary alicyclic amines) is 1. The first-order chi connectivity index (χ1) is 8.85. The highest BCUT2D eigenvalue weighted by molar-refractivity contribution is 6.34. The number of β-amino-alcohol motifs (C(OH)–C–C–N with tert-alkyl or cyclic N) is 1. The molecule has 1 aliphatic rings. The molecule has 4 N–H and O–H groups in total. The Morgan fingerprint density at radius 1 is 1.63 bits per heavy atom. The average Bonchev–Trinajstić information content (AvgIpc) is 2.62. The highest BCUT2D eigenvalue weighted by Gasteiger charge is 2.32. The van der Waals surface area contributed by atoms with Crippen LogP contribution in [0.4, 0.5) is 11.4 Å². The molecule has 0 saturated carbocycles. The van der Waals surface area contributed by atoms with Crippen LogP contribution in [0.15, 0.2) is 18.2 Å². The topological polar surface area (TPSA) is 78.6 Å². The molecule has 5 nitrogen and oxygen atoms in total. The van der Waals surface area contributed by atoms with Gasteiger partial charge < -0.3 is 16.2 Å². The first kappa shape index (κ1) is 14.1. The molecule has 1 unspecified atom stereocenters. The van der Waals surface area contributed by atoms with E-state index in [-0.39, 0.29) is 12.5 Å². The molecular weight excluding hydrogens is 266 g/mol. The van der Waals surface area contributed by atoms with Crippen LogP contribution < -0.4 is 11.1 Å². The number of amides is 1. The number of nitrogen functional groups attached to an aromatic ring is 1. The summed E-state index contributed by atoms with van der Waals surface area (Å²) in [4.78, 5) is 13.8. The second kappa shape index (κ2) is 5.36. The smallest absolute Gasteiger partial charge is 0.238 e. The van der Waals surface area contributed by atoms with Crippen molar-refractivity contribution in [3.05, 3.63) is 23.2 Å². The predicted molar refractivity (Wildman–Crippen MR) is 76.2 cm³/mol. The first-order valence-electron chi connectivity index (χ1n) is 6.15. The van der Waals surface area contributed by atoms with Crippen molar-refractivity contribution in [1.29, 1.82) is 0 Å². The highest BCUT2D eigenvalue weighted by atomic mass is 35.5. The molecule has 0 spiro atoms. The molecule has 1 aliphatic heterocycles. The summed E-state index contributed by atoms with van der Waals surface area (Å²) in [7, 11) is 0.